The summed E-state index contributed by atoms with van der Waals surface area (Å²) in [5.74, 6) is 1.05. The number of benzene rings is 1. The van der Waals surface area contributed by atoms with Crippen molar-refractivity contribution in [1.29, 1.82) is 0 Å². The van der Waals surface area contributed by atoms with Crippen LogP contribution in [0.15, 0.2) is 23.4 Å². The zero-order valence-corrected chi connectivity index (χ0v) is 11.8. The topological polar surface area (TPSA) is 71.4 Å². The maximum Gasteiger partial charge on any atom is 0.263 e. The lowest BCUT2D eigenvalue weighted by Gasteiger charge is -2.16. The average molecular weight is 278 g/mol. The molecule has 1 aromatic carbocycles. The molecule has 0 spiro atoms. The van der Waals surface area contributed by atoms with Crippen molar-refractivity contribution in [2.45, 2.75) is 19.4 Å². The third kappa shape index (κ3) is 2.68. The third-order valence-electron chi connectivity index (χ3n) is 3.38. The number of carbonyl (C=O) groups is 1. The molecule has 1 aromatic rings. The van der Waals surface area contributed by atoms with Crippen molar-refractivity contribution in [3.8, 4) is 11.5 Å². The molecule has 0 aliphatic carbocycles. The molecule has 0 aromatic heterocycles. The van der Waals surface area contributed by atoms with Gasteiger partial charge in [-0.25, -0.2) is 0 Å². The molecule has 6 heteroatoms. The van der Waals surface area contributed by atoms with Gasteiger partial charge in [-0.2, -0.15) is 0 Å². The molecule has 1 amide bonds. The minimum absolute atomic E-state index is 0.0441. The van der Waals surface area contributed by atoms with Crippen LogP contribution in [-0.4, -0.2) is 48.5 Å². The van der Waals surface area contributed by atoms with Crippen LogP contribution in [0.5, 0.6) is 11.5 Å². The van der Waals surface area contributed by atoms with Crippen molar-refractivity contribution < 1.29 is 19.5 Å². The van der Waals surface area contributed by atoms with Gasteiger partial charge in [0.15, 0.2) is 6.10 Å². The Balaban J connectivity index is 2.31. The second-order valence-electron chi connectivity index (χ2n) is 4.70. The summed E-state index contributed by atoms with van der Waals surface area (Å²) in [6.07, 6.45) is 0.138. The molecule has 2 rings (SSSR count). The Kier molecular flexibility index (Phi) is 4.12. The molecule has 0 saturated carbocycles. The third-order valence-corrected chi connectivity index (χ3v) is 3.38. The first-order chi connectivity index (χ1) is 9.56. The SMILES string of the molecule is COc1ccc(/C(C)=N/O)c(OC2CCN(C)C2=O)c1. The summed E-state index contributed by atoms with van der Waals surface area (Å²) in [4.78, 5) is 13.5. The molecule has 20 heavy (non-hydrogen) atoms. The van der Waals surface area contributed by atoms with E-state index in [2.05, 4.69) is 5.16 Å². The van der Waals surface area contributed by atoms with Gasteiger partial charge in [0.25, 0.3) is 5.91 Å². The van der Waals surface area contributed by atoms with Gasteiger partial charge in [0.2, 0.25) is 0 Å². The number of methoxy groups -OCH3 is 1. The number of hydrogen-bond donors (Lipinski definition) is 1. The van der Waals surface area contributed by atoms with Crippen LogP contribution in [0.4, 0.5) is 0 Å². The molecular formula is C14H18N2O4. The van der Waals surface area contributed by atoms with E-state index < -0.39 is 6.10 Å². The highest BCUT2D eigenvalue weighted by Crippen LogP contribution is 2.28. The predicted molar refractivity (Wildman–Crippen MR) is 73.7 cm³/mol. The van der Waals surface area contributed by atoms with Gasteiger partial charge in [-0.3, -0.25) is 4.79 Å². The fraction of sp³-hybridized carbons (Fsp3) is 0.429. The van der Waals surface area contributed by atoms with Gasteiger partial charge in [0, 0.05) is 31.6 Å². The van der Waals surface area contributed by atoms with Gasteiger partial charge in [0.1, 0.15) is 11.5 Å². The Labute approximate surface area is 117 Å². The van der Waals surface area contributed by atoms with Crippen molar-refractivity contribution in [2.24, 2.45) is 5.16 Å². The molecule has 1 unspecified atom stereocenters. The fourth-order valence-corrected chi connectivity index (χ4v) is 2.13. The summed E-state index contributed by atoms with van der Waals surface area (Å²) < 4.78 is 10.9. The van der Waals surface area contributed by atoms with Crippen molar-refractivity contribution in [3.05, 3.63) is 23.8 Å². The lowest BCUT2D eigenvalue weighted by Crippen LogP contribution is -2.29. The smallest absolute Gasteiger partial charge is 0.263 e. The first kappa shape index (κ1) is 14.2. The van der Waals surface area contributed by atoms with Gasteiger partial charge >= 0.3 is 0 Å². The van der Waals surface area contributed by atoms with E-state index in [1.54, 1.807) is 44.2 Å². The van der Waals surface area contributed by atoms with Gasteiger partial charge in [-0.05, 0) is 19.1 Å². The number of rotatable bonds is 4. The summed E-state index contributed by atoms with van der Waals surface area (Å²) in [5, 5.41) is 12.1. The minimum Gasteiger partial charge on any atom is -0.497 e. The number of oxime groups is 1. The second-order valence-corrected chi connectivity index (χ2v) is 4.70. The predicted octanol–water partition coefficient (Wildman–Crippen LogP) is 1.50. The van der Waals surface area contributed by atoms with Crippen LogP contribution < -0.4 is 9.47 Å². The molecular weight excluding hydrogens is 260 g/mol. The van der Waals surface area contributed by atoms with Crippen molar-refractivity contribution in [1.82, 2.24) is 4.90 Å². The van der Waals surface area contributed by atoms with Crippen molar-refractivity contribution in [3.63, 3.8) is 0 Å². The van der Waals surface area contributed by atoms with E-state index in [1.165, 1.54) is 0 Å². The summed E-state index contributed by atoms with van der Waals surface area (Å²) >= 11 is 0. The lowest BCUT2D eigenvalue weighted by atomic mass is 10.1. The van der Waals surface area contributed by atoms with Crippen LogP contribution in [0.3, 0.4) is 0 Å². The first-order valence-electron chi connectivity index (χ1n) is 6.35. The first-order valence-corrected chi connectivity index (χ1v) is 6.35. The van der Waals surface area contributed by atoms with Crippen LogP contribution in [-0.2, 0) is 4.79 Å². The maximum absolute atomic E-state index is 11.9. The Morgan fingerprint density at radius 3 is 2.80 bits per heavy atom. The Morgan fingerprint density at radius 2 is 2.25 bits per heavy atom. The van der Waals surface area contributed by atoms with Crippen LogP contribution in [0.2, 0.25) is 0 Å². The molecule has 1 heterocycles. The molecule has 1 saturated heterocycles. The van der Waals surface area contributed by atoms with Crippen LogP contribution in [0.1, 0.15) is 18.9 Å². The molecule has 1 aliphatic heterocycles. The highest BCUT2D eigenvalue weighted by molar-refractivity contribution is 6.01. The Bertz CT molecular complexity index is 542. The van der Waals surface area contributed by atoms with Gasteiger partial charge in [-0.1, -0.05) is 5.16 Å². The molecule has 1 atom stereocenters. The summed E-state index contributed by atoms with van der Waals surface area (Å²) in [5.41, 5.74) is 1.05. The monoisotopic (exact) mass is 278 g/mol. The number of hydrogen-bond acceptors (Lipinski definition) is 5. The minimum atomic E-state index is -0.502. The van der Waals surface area contributed by atoms with Crippen molar-refractivity contribution in [2.75, 3.05) is 20.7 Å². The highest BCUT2D eigenvalue weighted by atomic mass is 16.5. The Morgan fingerprint density at radius 1 is 1.50 bits per heavy atom. The van der Waals surface area contributed by atoms with Gasteiger partial charge < -0.3 is 19.6 Å². The molecule has 0 bridgehead atoms. The van der Waals surface area contributed by atoms with E-state index in [0.29, 0.717) is 35.7 Å². The van der Waals surface area contributed by atoms with E-state index in [-0.39, 0.29) is 5.91 Å². The molecule has 0 radical (unpaired) electrons. The maximum atomic E-state index is 11.9. The molecule has 6 nitrogen and oxygen atoms in total. The number of likely N-dealkylation sites (N-methyl/N-ethyl adjacent to an activating group) is 1. The second kappa shape index (κ2) is 5.81. The lowest BCUT2D eigenvalue weighted by molar-refractivity contribution is -0.132. The van der Waals surface area contributed by atoms with E-state index in [0.717, 1.165) is 0 Å². The number of carbonyl (C=O) groups excluding carboxylic acids is 1. The van der Waals surface area contributed by atoms with E-state index in [9.17, 15) is 4.79 Å². The number of likely N-dealkylation sites (tertiary alicyclic amines) is 1. The normalized spacial score (nSPS) is 19.4. The van der Waals surface area contributed by atoms with Crippen LogP contribution in [0.25, 0.3) is 0 Å². The standard InChI is InChI=1S/C14H18N2O4/c1-9(15-18)11-5-4-10(19-3)8-13(11)20-12-6-7-16(2)14(12)17/h4-5,8,12,18H,6-7H2,1-3H3/b15-9+. The Hall–Kier alpha value is -2.24. The molecule has 1 aliphatic rings. The van der Waals surface area contributed by atoms with Crippen LogP contribution >= 0.6 is 0 Å². The summed E-state index contributed by atoms with van der Waals surface area (Å²) in [6.45, 7) is 2.34. The van der Waals surface area contributed by atoms with Gasteiger partial charge in [-0.15, -0.1) is 0 Å². The van der Waals surface area contributed by atoms with E-state index in [1.807, 2.05) is 0 Å². The van der Waals surface area contributed by atoms with E-state index in [4.69, 9.17) is 14.7 Å². The van der Waals surface area contributed by atoms with Crippen LogP contribution in [0, 0.1) is 0 Å². The largest absolute Gasteiger partial charge is 0.497 e. The highest BCUT2D eigenvalue weighted by Gasteiger charge is 2.31. The average Bonchev–Trinajstić information content (AvgIpc) is 2.78. The summed E-state index contributed by atoms with van der Waals surface area (Å²) in [6, 6.07) is 5.18. The number of nitrogens with zero attached hydrogens (tertiary/aromatic N) is 2. The van der Waals surface area contributed by atoms with E-state index >= 15 is 0 Å². The van der Waals surface area contributed by atoms with Crippen molar-refractivity contribution >= 4 is 11.6 Å². The zero-order valence-electron chi connectivity index (χ0n) is 11.8. The summed E-state index contributed by atoms with van der Waals surface area (Å²) in [7, 11) is 3.30. The fourth-order valence-electron chi connectivity index (χ4n) is 2.13. The molecule has 1 N–H and O–H groups in total. The molecule has 108 valence electrons. The molecule has 1 fully saturated rings. The quantitative estimate of drug-likeness (QED) is 0.515. The van der Waals surface area contributed by atoms with Gasteiger partial charge in [0.05, 0.1) is 12.8 Å². The number of amides is 1. The number of ether oxygens (including phenoxy) is 2. The zero-order chi connectivity index (χ0) is 14.7.